The minimum atomic E-state index is -0.194. The van der Waals surface area contributed by atoms with Gasteiger partial charge in [-0.2, -0.15) is 5.26 Å². The summed E-state index contributed by atoms with van der Waals surface area (Å²) >= 11 is 6.02. The maximum absolute atomic E-state index is 9.48. The molecule has 1 heterocycles. The Kier molecular flexibility index (Phi) is 4.81. The molecule has 1 aromatic carbocycles. The van der Waals surface area contributed by atoms with Gasteiger partial charge in [0.1, 0.15) is 6.04 Å². The van der Waals surface area contributed by atoms with Gasteiger partial charge in [0.25, 0.3) is 0 Å². The van der Waals surface area contributed by atoms with Crippen LogP contribution in [0.3, 0.4) is 0 Å². The number of likely N-dealkylation sites (N-methyl/N-ethyl adjacent to an activating group) is 1. The molecule has 0 N–H and O–H groups in total. The Bertz CT molecular complexity index is 469. The lowest BCUT2D eigenvalue weighted by atomic mass is 10.0. The zero-order valence-electron chi connectivity index (χ0n) is 11.5. The van der Waals surface area contributed by atoms with Crippen LogP contribution in [0.5, 0.6) is 0 Å². The molecule has 0 aliphatic carbocycles. The largest absolute Gasteiger partial charge is 0.298 e. The number of nitrogens with zero attached hydrogens (tertiary/aromatic N) is 3. The van der Waals surface area contributed by atoms with Crippen molar-refractivity contribution >= 4 is 11.6 Å². The Labute approximate surface area is 120 Å². The fraction of sp³-hybridized carbons (Fsp3) is 0.533. The SMILES string of the molecule is CCN1CCN(C(C#N)c2cccc(Cl)c2)CC1C. The van der Waals surface area contributed by atoms with Crippen LogP contribution < -0.4 is 0 Å². The zero-order valence-corrected chi connectivity index (χ0v) is 12.3. The van der Waals surface area contributed by atoms with Crippen LogP contribution in [0.1, 0.15) is 25.5 Å². The standard InChI is InChI=1S/C15H20ClN3/c1-3-18-7-8-19(11-12(18)2)15(10-17)13-5-4-6-14(16)9-13/h4-6,9,12,15H,3,7-8,11H2,1-2H3. The predicted molar refractivity (Wildman–Crippen MR) is 78.1 cm³/mol. The number of hydrogen-bond acceptors (Lipinski definition) is 3. The maximum Gasteiger partial charge on any atom is 0.124 e. The van der Waals surface area contributed by atoms with E-state index in [1.165, 1.54) is 0 Å². The Morgan fingerprint density at radius 3 is 2.84 bits per heavy atom. The summed E-state index contributed by atoms with van der Waals surface area (Å²) in [6.45, 7) is 8.37. The molecule has 2 rings (SSSR count). The molecule has 0 amide bonds. The van der Waals surface area contributed by atoms with Gasteiger partial charge < -0.3 is 0 Å². The molecule has 0 radical (unpaired) electrons. The van der Waals surface area contributed by atoms with Crippen molar-refractivity contribution in [3.63, 3.8) is 0 Å². The second-order valence-corrected chi connectivity index (χ2v) is 5.50. The fourth-order valence-electron chi connectivity index (χ4n) is 2.77. The molecular weight excluding hydrogens is 258 g/mol. The van der Waals surface area contributed by atoms with E-state index in [-0.39, 0.29) is 6.04 Å². The highest BCUT2D eigenvalue weighted by molar-refractivity contribution is 6.30. The van der Waals surface area contributed by atoms with Crippen molar-refractivity contribution in [2.24, 2.45) is 0 Å². The van der Waals surface area contributed by atoms with Crippen molar-refractivity contribution in [3.05, 3.63) is 34.9 Å². The smallest absolute Gasteiger partial charge is 0.124 e. The molecular formula is C15H20ClN3. The van der Waals surface area contributed by atoms with E-state index in [9.17, 15) is 5.26 Å². The summed E-state index contributed by atoms with van der Waals surface area (Å²) in [5.74, 6) is 0. The summed E-state index contributed by atoms with van der Waals surface area (Å²) in [7, 11) is 0. The molecule has 102 valence electrons. The van der Waals surface area contributed by atoms with Crippen LogP contribution in [0.4, 0.5) is 0 Å². The van der Waals surface area contributed by atoms with Crippen molar-refractivity contribution in [2.75, 3.05) is 26.2 Å². The van der Waals surface area contributed by atoms with Gasteiger partial charge in [0, 0.05) is 30.7 Å². The first-order chi connectivity index (χ1) is 9.15. The van der Waals surface area contributed by atoms with Gasteiger partial charge in [0.15, 0.2) is 0 Å². The van der Waals surface area contributed by atoms with E-state index in [0.29, 0.717) is 11.1 Å². The molecule has 2 unspecified atom stereocenters. The van der Waals surface area contributed by atoms with Gasteiger partial charge in [-0.25, -0.2) is 0 Å². The molecule has 4 heteroatoms. The summed E-state index contributed by atoms with van der Waals surface area (Å²) in [5.41, 5.74) is 0.993. The minimum absolute atomic E-state index is 0.194. The molecule has 1 fully saturated rings. The van der Waals surface area contributed by atoms with Gasteiger partial charge in [0.2, 0.25) is 0 Å². The molecule has 0 saturated carbocycles. The third kappa shape index (κ3) is 3.27. The number of benzene rings is 1. The second kappa shape index (κ2) is 6.38. The van der Waals surface area contributed by atoms with E-state index in [1.807, 2.05) is 24.3 Å². The Morgan fingerprint density at radius 2 is 2.26 bits per heavy atom. The predicted octanol–water partition coefficient (Wildman–Crippen LogP) is 2.93. The maximum atomic E-state index is 9.48. The topological polar surface area (TPSA) is 30.3 Å². The number of rotatable bonds is 3. The molecule has 1 saturated heterocycles. The van der Waals surface area contributed by atoms with Crippen molar-refractivity contribution in [1.82, 2.24) is 9.80 Å². The Balaban J connectivity index is 2.14. The third-order valence-electron chi connectivity index (χ3n) is 3.85. The summed E-state index contributed by atoms with van der Waals surface area (Å²) in [4.78, 5) is 4.70. The van der Waals surface area contributed by atoms with Crippen LogP contribution in [-0.4, -0.2) is 42.0 Å². The van der Waals surface area contributed by atoms with E-state index in [1.54, 1.807) is 0 Å². The van der Waals surface area contributed by atoms with Gasteiger partial charge >= 0.3 is 0 Å². The van der Waals surface area contributed by atoms with E-state index >= 15 is 0 Å². The molecule has 0 spiro atoms. The van der Waals surface area contributed by atoms with Gasteiger partial charge in [-0.1, -0.05) is 30.7 Å². The highest BCUT2D eigenvalue weighted by Gasteiger charge is 2.28. The highest BCUT2D eigenvalue weighted by atomic mass is 35.5. The first kappa shape index (κ1) is 14.3. The summed E-state index contributed by atoms with van der Waals surface area (Å²) < 4.78 is 0. The van der Waals surface area contributed by atoms with Crippen LogP contribution >= 0.6 is 11.6 Å². The second-order valence-electron chi connectivity index (χ2n) is 5.06. The third-order valence-corrected chi connectivity index (χ3v) is 4.09. The lowest BCUT2D eigenvalue weighted by molar-refractivity contribution is 0.0730. The molecule has 2 atom stereocenters. The van der Waals surface area contributed by atoms with Crippen molar-refractivity contribution in [1.29, 1.82) is 5.26 Å². The molecule has 0 aromatic heterocycles. The quantitative estimate of drug-likeness (QED) is 0.851. The fourth-order valence-corrected chi connectivity index (χ4v) is 2.97. The Morgan fingerprint density at radius 1 is 1.47 bits per heavy atom. The lowest BCUT2D eigenvalue weighted by Gasteiger charge is -2.41. The van der Waals surface area contributed by atoms with Gasteiger partial charge in [-0.15, -0.1) is 0 Å². The Hall–Kier alpha value is -1.08. The molecule has 1 aliphatic rings. The summed E-state index contributed by atoms with van der Waals surface area (Å²) in [5, 5.41) is 10.2. The highest BCUT2D eigenvalue weighted by Crippen LogP contribution is 2.25. The van der Waals surface area contributed by atoms with E-state index in [0.717, 1.165) is 31.7 Å². The summed E-state index contributed by atoms with van der Waals surface area (Å²) in [6.07, 6.45) is 0. The van der Waals surface area contributed by atoms with Crippen LogP contribution in [0, 0.1) is 11.3 Å². The van der Waals surface area contributed by atoms with Crippen molar-refractivity contribution < 1.29 is 0 Å². The van der Waals surface area contributed by atoms with Gasteiger partial charge in [-0.05, 0) is 31.2 Å². The average Bonchev–Trinajstić information content (AvgIpc) is 2.40. The van der Waals surface area contributed by atoms with E-state index < -0.39 is 0 Å². The van der Waals surface area contributed by atoms with Crippen molar-refractivity contribution in [3.8, 4) is 6.07 Å². The average molecular weight is 278 g/mol. The number of halogens is 1. The monoisotopic (exact) mass is 277 g/mol. The first-order valence-corrected chi connectivity index (χ1v) is 7.16. The molecule has 0 bridgehead atoms. The van der Waals surface area contributed by atoms with E-state index in [4.69, 9.17) is 11.6 Å². The lowest BCUT2D eigenvalue weighted by Crippen LogP contribution is -2.52. The van der Waals surface area contributed by atoms with Crippen LogP contribution in [0.25, 0.3) is 0 Å². The first-order valence-electron chi connectivity index (χ1n) is 6.79. The van der Waals surface area contributed by atoms with Crippen LogP contribution in [0.15, 0.2) is 24.3 Å². The van der Waals surface area contributed by atoms with Crippen LogP contribution in [-0.2, 0) is 0 Å². The van der Waals surface area contributed by atoms with Gasteiger partial charge in [-0.3, -0.25) is 9.80 Å². The molecule has 1 aliphatic heterocycles. The van der Waals surface area contributed by atoms with E-state index in [2.05, 4.69) is 29.7 Å². The van der Waals surface area contributed by atoms with Crippen molar-refractivity contribution in [2.45, 2.75) is 25.9 Å². The summed E-state index contributed by atoms with van der Waals surface area (Å²) in [6, 6.07) is 10.4. The minimum Gasteiger partial charge on any atom is -0.298 e. The molecule has 3 nitrogen and oxygen atoms in total. The van der Waals surface area contributed by atoms with Crippen LogP contribution in [0.2, 0.25) is 5.02 Å². The number of piperazine rings is 1. The normalized spacial score (nSPS) is 22.9. The molecule has 19 heavy (non-hydrogen) atoms. The number of nitriles is 1. The zero-order chi connectivity index (χ0) is 13.8. The number of hydrogen-bond donors (Lipinski definition) is 0. The molecule has 1 aromatic rings. The van der Waals surface area contributed by atoms with Gasteiger partial charge in [0.05, 0.1) is 6.07 Å².